The number of aliphatic hydroxyl groups is 1. The molecule has 2 saturated carbocycles. The third kappa shape index (κ3) is 12.6. The first-order valence-electron chi connectivity index (χ1n) is 27.3. The van der Waals surface area contributed by atoms with Gasteiger partial charge in [0.1, 0.15) is 22.1 Å². The molecule has 4 N–H and O–H groups in total. The van der Waals surface area contributed by atoms with Crippen LogP contribution in [0.3, 0.4) is 0 Å². The largest absolute Gasteiger partial charge is 0.478 e. The quantitative estimate of drug-likeness (QED) is 0.0491. The molecule has 426 valence electrons. The maximum absolute atomic E-state index is 14.9. The van der Waals surface area contributed by atoms with Crippen molar-refractivity contribution in [3.05, 3.63) is 129 Å². The van der Waals surface area contributed by atoms with Gasteiger partial charge in [0.2, 0.25) is 5.82 Å². The molecule has 0 bridgehead atoms. The lowest BCUT2D eigenvalue weighted by molar-refractivity contribution is -0.384. The van der Waals surface area contributed by atoms with E-state index in [2.05, 4.69) is 94.3 Å². The monoisotopic (exact) mass is 1130 g/mol. The molecular weight excluding hydrogens is 1060 g/mol. The van der Waals surface area contributed by atoms with Crippen molar-refractivity contribution in [1.29, 1.82) is 0 Å². The normalized spacial score (nSPS) is 21.1. The number of nitro groups is 1. The number of aromatic amines is 1. The van der Waals surface area contributed by atoms with E-state index in [1.807, 2.05) is 12.1 Å². The average molecular weight is 1140 g/mol. The van der Waals surface area contributed by atoms with Crippen LogP contribution in [0.15, 0.2) is 101 Å². The van der Waals surface area contributed by atoms with Crippen LogP contribution in [0.25, 0.3) is 11.0 Å². The Morgan fingerprint density at radius 3 is 2.39 bits per heavy atom. The molecule has 3 aromatic carbocycles. The first-order valence-corrected chi connectivity index (χ1v) is 31.2. The number of anilines is 2. The van der Waals surface area contributed by atoms with Gasteiger partial charge in [0, 0.05) is 110 Å². The van der Waals surface area contributed by atoms with Gasteiger partial charge in [-0.25, -0.2) is 26.7 Å². The lowest BCUT2D eigenvalue weighted by atomic mass is 9.59. The zero-order valence-corrected chi connectivity index (χ0v) is 47.7. The van der Waals surface area contributed by atoms with Crippen LogP contribution in [0, 0.1) is 27.3 Å². The molecule has 3 aromatic heterocycles. The molecule has 1 amide bonds. The van der Waals surface area contributed by atoms with Crippen molar-refractivity contribution in [2.45, 2.75) is 107 Å². The number of halogens is 1. The van der Waals surface area contributed by atoms with Gasteiger partial charge in [-0.05, 0) is 116 Å². The Balaban J connectivity index is 0.851. The van der Waals surface area contributed by atoms with Crippen molar-refractivity contribution in [2.24, 2.45) is 15.7 Å². The predicted octanol–water partition coefficient (Wildman–Crippen LogP) is 10.1. The molecule has 6 aromatic rings. The SMILES string of the molecule is COc1nc2[nH]cc(F)c2cc1Oc1cc(N2CCC3(CC2)CC(N2CCN(Cc4ccc(N=S(C)(C)=O)cc4)C[C@H]2c2ccccc2C(C)C)C3)ccc1C(=O)NS(=O)(=O)c1cnc(NCC2CCC(C)(O)CC2)c([N+](=O)[O-])c1. The highest BCUT2D eigenvalue weighted by Crippen LogP contribution is 2.53. The van der Waals surface area contributed by atoms with E-state index < -0.39 is 52.6 Å². The number of nitrogens with zero attached hydrogens (tertiary/aromatic N) is 7. The second-order valence-corrected chi connectivity index (χ2v) is 27.4. The Bertz CT molecular complexity index is 3520. The first kappa shape index (κ1) is 56.6. The van der Waals surface area contributed by atoms with Crippen LogP contribution in [0.1, 0.15) is 111 Å². The molecule has 22 heteroatoms. The number of H-pyrrole nitrogens is 1. The van der Waals surface area contributed by atoms with Gasteiger partial charge in [0.15, 0.2) is 5.75 Å². The number of fused-ring (bicyclic) bond motifs is 1. The van der Waals surface area contributed by atoms with Gasteiger partial charge in [-0.15, -0.1) is 0 Å². The Kier molecular flexibility index (Phi) is 16.0. The number of nitrogens with one attached hydrogen (secondary N) is 3. The summed E-state index contributed by atoms with van der Waals surface area (Å²) in [6.45, 7) is 11.6. The molecule has 1 spiro atoms. The van der Waals surface area contributed by atoms with Gasteiger partial charge in [-0.3, -0.25) is 24.7 Å². The van der Waals surface area contributed by atoms with Crippen LogP contribution in [-0.4, -0.2) is 124 Å². The topological polar surface area (TPSA) is 238 Å². The van der Waals surface area contributed by atoms with E-state index in [9.17, 15) is 37.0 Å². The van der Waals surface area contributed by atoms with Crippen LogP contribution in [0.2, 0.25) is 0 Å². The van der Waals surface area contributed by atoms with Gasteiger partial charge in [-0.1, -0.05) is 50.2 Å². The van der Waals surface area contributed by atoms with Crippen molar-refractivity contribution in [3.8, 4) is 17.4 Å². The number of piperidine rings is 1. The minimum atomic E-state index is -4.75. The van der Waals surface area contributed by atoms with Gasteiger partial charge in [0.25, 0.3) is 21.8 Å². The summed E-state index contributed by atoms with van der Waals surface area (Å²) in [6, 6.07) is 24.6. The van der Waals surface area contributed by atoms with Gasteiger partial charge >= 0.3 is 5.69 Å². The fourth-order valence-corrected chi connectivity index (χ4v) is 13.7. The number of benzene rings is 3. The van der Waals surface area contributed by atoms with Crippen LogP contribution < -0.4 is 24.4 Å². The number of rotatable bonds is 17. The van der Waals surface area contributed by atoms with Crippen LogP contribution in [-0.2, 0) is 26.3 Å². The standard InChI is InChI=1S/C58H71FN10O9S2/c1-37(2)44-9-7-8-10-45(44)50-36-66(35-39-11-13-40(14-12-39)64-79(5,6)74)25-26-68(50)42-30-58(31-42)21-23-67(24-22-58)41-15-16-46(51(27-41)78-52-29-47-48(59)34-62-53(47)63-56(52)77-4)55(70)65-80(75,76)43-28-49(69(72)73)54(61-33-43)60-32-38-17-19-57(3,71)20-18-38/h7-16,27-29,33-34,37-38,42,50,71H,17-26,30-32,35-36H2,1-6H3,(H,60,61)(H,62,63)(H,65,70)/t38?,50-,57?/m0/s1. The fourth-order valence-electron chi connectivity index (χ4n) is 12.2. The van der Waals surface area contributed by atoms with Gasteiger partial charge in [0.05, 0.1) is 40.5 Å². The molecule has 0 radical (unpaired) electrons. The molecule has 19 nitrogen and oxygen atoms in total. The summed E-state index contributed by atoms with van der Waals surface area (Å²) in [5.74, 6) is -1.44. The molecule has 2 aliphatic carbocycles. The third-order valence-electron chi connectivity index (χ3n) is 16.6. The number of sulfonamides is 1. The average Bonchev–Trinajstić information content (AvgIpc) is 3.83. The van der Waals surface area contributed by atoms with Crippen LogP contribution in [0.5, 0.6) is 17.4 Å². The highest BCUT2D eigenvalue weighted by atomic mass is 32.2. The lowest BCUT2D eigenvalue weighted by Gasteiger charge is -2.58. The fraction of sp³-hybridized carbons (Fsp3) is 0.466. The maximum Gasteiger partial charge on any atom is 0.312 e. The number of aromatic nitrogens is 3. The summed E-state index contributed by atoms with van der Waals surface area (Å²) in [6.07, 6.45) is 12.0. The molecule has 4 fully saturated rings. The van der Waals surface area contributed by atoms with E-state index in [0.29, 0.717) is 63.0 Å². The van der Waals surface area contributed by atoms with Crippen molar-refractivity contribution in [3.63, 3.8) is 0 Å². The number of carbonyl (C=O) groups excluding carboxylic acids is 1. The van der Waals surface area contributed by atoms with Crippen molar-refractivity contribution < 1.29 is 41.3 Å². The van der Waals surface area contributed by atoms with E-state index in [1.54, 1.807) is 31.6 Å². The number of carbonyl (C=O) groups is 1. The summed E-state index contributed by atoms with van der Waals surface area (Å²) in [7, 11) is -5.64. The van der Waals surface area contributed by atoms with Crippen molar-refractivity contribution in [1.82, 2.24) is 29.5 Å². The maximum atomic E-state index is 14.9. The Hall–Kier alpha value is -6.72. The van der Waals surface area contributed by atoms with E-state index >= 15 is 0 Å². The van der Waals surface area contributed by atoms with Gasteiger partial charge < -0.3 is 29.8 Å². The Morgan fingerprint density at radius 2 is 1.70 bits per heavy atom. The number of amides is 1. The van der Waals surface area contributed by atoms with E-state index in [-0.39, 0.29) is 57.2 Å². The number of piperazine rings is 1. The van der Waals surface area contributed by atoms with Crippen molar-refractivity contribution >= 4 is 59.6 Å². The van der Waals surface area contributed by atoms with Crippen LogP contribution >= 0.6 is 0 Å². The van der Waals surface area contributed by atoms with Crippen LogP contribution in [0.4, 0.5) is 27.3 Å². The number of methoxy groups -OCH3 is 1. The molecule has 0 unspecified atom stereocenters. The third-order valence-corrected chi connectivity index (χ3v) is 18.6. The number of hydrogen-bond donors (Lipinski definition) is 4. The molecule has 80 heavy (non-hydrogen) atoms. The highest BCUT2D eigenvalue weighted by molar-refractivity contribution is 7.92. The summed E-state index contributed by atoms with van der Waals surface area (Å²) in [5.41, 5.74) is 4.19. The summed E-state index contributed by atoms with van der Waals surface area (Å²) in [5, 5.41) is 25.7. The van der Waals surface area contributed by atoms with E-state index in [1.165, 1.54) is 35.9 Å². The summed E-state index contributed by atoms with van der Waals surface area (Å²) >= 11 is 0. The zero-order valence-electron chi connectivity index (χ0n) is 46.1. The molecule has 2 saturated heterocycles. The lowest BCUT2D eigenvalue weighted by Crippen LogP contribution is -2.60. The number of pyridine rings is 2. The smallest absolute Gasteiger partial charge is 0.312 e. The number of hydrogen-bond acceptors (Lipinski definition) is 16. The molecule has 1 atom stereocenters. The zero-order chi connectivity index (χ0) is 56.7. The summed E-state index contributed by atoms with van der Waals surface area (Å²) < 4.78 is 73.4. The van der Waals surface area contributed by atoms with E-state index in [0.717, 1.165) is 76.0 Å². The Morgan fingerprint density at radius 1 is 0.975 bits per heavy atom. The molecule has 4 aliphatic rings. The predicted molar refractivity (Wildman–Crippen MR) is 306 cm³/mol. The number of ether oxygens (including phenoxy) is 2. The second-order valence-electron chi connectivity index (χ2n) is 23.1. The molecule has 2 aliphatic heterocycles. The van der Waals surface area contributed by atoms with Gasteiger partial charge in [-0.2, -0.15) is 9.35 Å². The van der Waals surface area contributed by atoms with E-state index in [4.69, 9.17) is 9.47 Å². The highest BCUT2D eigenvalue weighted by Gasteiger charge is 2.50. The van der Waals surface area contributed by atoms with Crippen molar-refractivity contribution in [2.75, 3.05) is 69.1 Å². The molecular formula is C58H71FN10O9S2. The molecule has 5 heterocycles. The first-order chi connectivity index (χ1) is 38.0. The Labute approximate surface area is 467 Å². The minimum absolute atomic E-state index is 0.0220. The second kappa shape index (κ2) is 22.7. The molecule has 10 rings (SSSR count). The minimum Gasteiger partial charge on any atom is -0.478 e. The summed E-state index contributed by atoms with van der Waals surface area (Å²) in [4.78, 5) is 43.9.